The minimum Gasteiger partial charge on any atom is -0.489 e. The van der Waals surface area contributed by atoms with E-state index in [0.29, 0.717) is 37.0 Å². The van der Waals surface area contributed by atoms with Gasteiger partial charge in [-0.25, -0.2) is 9.97 Å². The van der Waals surface area contributed by atoms with Crippen molar-refractivity contribution in [2.75, 3.05) is 6.54 Å². The zero-order valence-electron chi connectivity index (χ0n) is 16.6. The average Bonchev–Trinajstić information content (AvgIpc) is 2.77. The summed E-state index contributed by atoms with van der Waals surface area (Å²) in [5, 5.41) is 9.91. The molecule has 1 aromatic heterocycles. The van der Waals surface area contributed by atoms with E-state index < -0.39 is 12.0 Å². The highest BCUT2D eigenvalue weighted by molar-refractivity contribution is 6.30. The third-order valence-electron chi connectivity index (χ3n) is 5.28. The van der Waals surface area contributed by atoms with Crippen molar-refractivity contribution in [2.45, 2.75) is 32.5 Å². The van der Waals surface area contributed by atoms with Crippen molar-refractivity contribution < 1.29 is 14.6 Å². The smallest absolute Gasteiger partial charge is 0.320 e. The van der Waals surface area contributed by atoms with Crippen LogP contribution in [-0.2, 0) is 24.4 Å². The molecule has 1 aliphatic heterocycles. The largest absolute Gasteiger partial charge is 0.489 e. The Hall–Kier alpha value is -2.96. The number of carboxylic acid groups (broad SMARTS) is 1. The first-order valence-corrected chi connectivity index (χ1v) is 10.2. The van der Waals surface area contributed by atoms with Crippen LogP contribution in [0.3, 0.4) is 0 Å². The van der Waals surface area contributed by atoms with Crippen molar-refractivity contribution in [3.8, 4) is 17.1 Å². The maximum absolute atomic E-state index is 11.2. The lowest BCUT2D eigenvalue weighted by molar-refractivity contribution is -0.143. The minimum absolute atomic E-state index is 0.445. The molecule has 7 heteroatoms. The second-order valence-electron chi connectivity index (χ2n) is 7.34. The molecule has 0 bridgehead atoms. The van der Waals surface area contributed by atoms with Crippen LogP contribution in [0.2, 0.25) is 5.02 Å². The first-order chi connectivity index (χ1) is 14.5. The molecular formula is C23H22ClN3O3. The molecule has 0 saturated carbocycles. The van der Waals surface area contributed by atoms with Gasteiger partial charge >= 0.3 is 5.97 Å². The number of fused-ring (bicyclic) bond motifs is 1. The molecule has 0 aliphatic carbocycles. The SMILES string of the molecule is CC(C(=O)O)N1CCc2nc(-c3ccc(OCc4cccc(Cl)c4)cc3)ncc2C1. The van der Waals surface area contributed by atoms with E-state index >= 15 is 0 Å². The third kappa shape index (κ3) is 4.61. The molecule has 1 atom stereocenters. The predicted molar refractivity (Wildman–Crippen MR) is 114 cm³/mol. The lowest BCUT2D eigenvalue weighted by Gasteiger charge is -2.30. The van der Waals surface area contributed by atoms with Crippen LogP contribution < -0.4 is 4.74 Å². The topological polar surface area (TPSA) is 75.5 Å². The highest BCUT2D eigenvalue weighted by Gasteiger charge is 2.26. The number of hydrogen-bond acceptors (Lipinski definition) is 5. The second kappa shape index (κ2) is 8.81. The molecule has 0 amide bonds. The molecule has 0 spiro atoms. The first-order valence-electron chi connectivity index (χ1n) is 9.79. The van der Waals surface area contributed by atoms with Gasteiger partial charge in [0.25, 0.3) is 0 Å². The molecule has 1 unspecified atom stereocenters. The van der Waals surface area contributed by atoms with Gasteiger partial charge in [-0.3, -0.25) is 9.69 Å². The van der Waals surface area contributed by atoms with Gasteiger partial charge < -0.3 is 9.84 Å². The summed E-state index contributed by atoms with van der Waals surface area (Å²) in [4.78, 5) is 22.4. The van der Waals surface area contributed by atoms with Gasteiger partial charge in [0.1, 0.15) is 18.4 Å². The van der Waals surface area contributed by atoms with Gasteiger partial charge in [-0.2, -0.15) is 0 Å². The van der Waals surface area contributed by atoms with Crippen LogP contribution in [0.15, 0.2) is 54.7 Å². The van der Waals surface area contributed by atoms with E-state index in [2.05, 4.69) is 4.98 Å². The van der Waals surface area contributed by atoms with Gasteiger partial charge in [0.15, 0.2) is 5.82 Å². The van der Waals surface area contributed by atoms with E-state index in [1.165, 1.54) is 0 Å². The number of carboxylic acids is 1. The number of benzene rings is 2. The minimum atomic E-state index is -0.811. The standard InChI is InChI=1S/C23H22ClN3O3/c1-15(23(28)29)27-10-9-21-18(13-27)12-25-22(26-21)17-5-7-20(8-6-17)30-14-16-3-2-4-19(24)11-16/h2-8,11-12,15H,9-10,13-14H2,1H3,(H,28,29). The molecule has 1 N–H and O–H groups in total. The fourth-order valence-electron chi connectivity index (χ4n) is 3.46. The monoisotopic (exact) mass is 423 g/mol. The average molecular weight is 424 g/mol. The second-order valence-corrected chi connectivity index (χ2v) is 7.78. The molecule has 154 valence electrons. The molecular weight excluding hydrogens is 402 g/mol. The Morgan fingerprint density at radius 3 is 2.80 bits per heavy atom. The highest BCUT2D eigenvalue weighted by Crippen LogP contribution is 2.24. The summed E-state index contributed by atoms with van der Waals surface area (Å²) in [5.41, 5.74) is 3.89. The van der Waals surface area contributed by atoms with E-state index in [9.17, 15) is 9.90 Å². The maximum atomic E-state index is 11.2. The Kier molecular flexibility index (Phi) is 5.97. The molecule has 2 heterocycles. The number of halogens is 1. The number of aliphatic carboxylic acids is 1. The number of hydrogen-bond donors (Lipinski definition) is 1. The van der Waals surface area contributed by atoms with Crippen molar-refractivity contribution in [1.82, 2.24) is 14.9 Å². The Morgan fingerprint density at radius 1 is 1.27 bits per heavy atom. The van der Waals surface area contributed by atoms with Crippen LogP contribution in [0.5, 0.6) is 5.75 Å². The van der Waals surface area contributed by atoms with Crippen LogP contribution >= 0.6 is 11.6 Å². The van der Waals surface area contributed by atoms with Crippen LogP contribution in [0.25, 0.3) is 11.4 Å². The van der Waals surface area contributed by atoms with Crippen molar-refractivity contribution in [2.24, 2.45) is 0 Å². The van der Waals surface area contributed by atoms with Crippen LogP contribution in [0, 0.1) is 0 Å². The fraction of sp³-hybridized carbons (Fsp3) is 0.261. The molecule has 1 aliphatic rings. The van der Waals surface area contributed by atoms with Gasteiger partial charge in [0, 0.05) is 41.9 Å². The van der Waals surface area contributed by atoms with Gasteiger partial charge in [0.2, 0.25) is 0 Å². The molecule has 6 nitrogen and oxygen atoms in total. The summed E-state index contributed by atoms with van der Waals surface area (Å²) in [6, 6.07) is 14.8. The van der Waals surface area contributed by atoms with Crippen LogP contribution in [-0.4, -0.2) is 38.5 Å². The Bertz CT molecular complexity index is 1060. The third-order valence-corrected chi connectivity index (χ3v) is 5.51. The van der Waals surface area contributed by atoms with E-state index in [1.54, 1.807) is 6.92 Å². The Labute approximate surface area is 180 Å². The van der Waals surface area contributed by atoms with E-state index in [0.717, 1.165) is 28.1 Å². The summed E-state index contributed by atoms with van der Waals surface area (Å²) in [6.07, 6.45) is 2.52. The summed E-state index contributed by atoms with van der Waals surface area (Å²) in [6.45, 7) is 3.38. The van der Waals surface area contributed by atoms with Gasteiger partial charge in [0.05, 0.1) is 5.69 Å². The van der Waals surface area contributed by atoms with Gasteiger partial charge in [-0.1, -0.05) is 23.7 Å². The van der Waals surface area contributed by atoms with Crippen LogP contribution in [0.4, 0.5) is 0 Å². The van der Waals surface area contributed by atoms with Crippen molar-refractivity contribution in [3.05, 3.63) is 76.6 Å². The molecule has 4 rings (SSSR count). The zero-order chi connectivity index (χ0) is 21.1. The first kappa shape index (κ1) is 20.3. The number of aromatic nitrogens is 2. The molecule has 3 aromatic rings. The van der Waals surface area contributed by atoms with Gasteiger partial charge in [-0.15, -0.1) is 0 Å². The van der Waals surface area contributed by atoms with E-state index in [1.807, 2.05) is 59.6 Å². The van der Waals surface area contributed by atoms with Crippen molar-refractivity contribution in [1.29, 1.82) is 0 Å². The van der Waals surface area contributed by atoms with E-state index in [-0.39, 0.29) is 0 Å². The molecule has 0 fully saturated rings. The molecule has 0 radical (unpaired) electrons. The number of carbonyl (C=O) groups is 1. The van der Waals surface area contributed by atoms with Crippen molar-refractivity contribution >= 4 is 17.6 Å². The van der Waals surface area contributed by atoms with Crippen LogP contribution in [0.1, 0.15) is 23.7 Å². The van der Waals surface area contributed by atoms with Crippen molar-refractivity contribution in [3.63, 3.8) is 0 Å². The van der Waals surface area contributed by atoms with Gasteiger partial charge in [-0.05, 0) is 48.9 Å². The summed E-state index contributed by atoms with van der Waals surface area (Å²) < 4.78 is 5.83. The van der Waals surface area contributed by atoms with E-state index in [4.69, 9.17) is 21.3 Å². The summed E-state index contributed by atoms with van der Waals surface area (Å²) in [7, 11) is 0. The maximum Gasteiger partial charge on any atom is 0.320 e. The highest BCUT2D eigenvalue weighted by atomic mass is 35.5. The lowest BCUT2D eigenvalue weighted by atomic mass is 10.0. The Balaban J connectivity index is 1.43. The zero-order valence-corrected chi connectivity index (χ0v) is 17.3. The normalized spacial score (nSPS) is 14.7. The summed E-state index contributed by atoms with van der Waals surface area (Å²) >= 11 is 6.00. The Morgan fingerprint density at radius 2 is 2.07 bits per heavy atom. The molecule has 0 saturated heterocycles. The number of ether oxygens (including phenoxy) is 1. The lowest BCUT2D eigenvalue weighted by Crippen LogP contribution is -2.42. The molecule has 2 aromatic carbocycles. The fourth-order valence-corrected chi connectivity index (χ4v) is 3.67. The predicted octanol–water partition coefficient (Wildman–Crippen LogP) is 4.21. The molecule has 30 heavy (non-hydrogen) atoms. The quantitative estimate of drug-likeness (QED) is 0.640. The number of rotatable bonds is 6. The summed E-state index contributed by atoms with van der Waals surface area (Å²) in [5.74, 6) is 0.610. The number of nitrogens with zero attached hydrogens (tertiary/aromatic N) is 3.